The van der Waals surface area contributed by atoms with Crippen LogP contribution in [0.4, 0.5) is 11.4 Å². The van der Waals surface area contributed by atoms with Crippen molar-refractivity contribution in [2.45, 2.75) is 37.3 Å². The third-order valence-corrected chi connectivity index (χ3v) is 9.38. The molecule has 58 heavy (non-hydrogen) atoms. The summed E-state index contributed by atoms with van der Waals surface area (Å²) >= 11 is 0. The van der Waals surface area contributed by atoms with Crippen LogP contribution in [0.15, 0.2) is 122 Å². The van der Waals surface area contributed by atoms with Gasteiger partial charge in [0.2, 0.25) is 11.8 Å². The number of hydrogen-bond acceptors (Lipinski definition) is 14. The first-order valence-electron chi connectivity index (χ1n) is 17.9. The van der Waals surface area contributed by atoms with Crippen LogP contribution < -0.4 is 28.4 Å². The van der Waals surface area contributed by atoms with Gasteiger partial charge in [0.25, 0.3) is 11.4 Å². The van der Waals surface area contributed by atoms with E-state index in [-0.39, 0.29) is 35.3 Å². The van der Waals surface area contributed by atoms with Crippen LogP contribution in [0.1, 0.15) is 59.5 Å². The van der Waals surface area contributed by atoms with Crippen molar-refractivity contribution in [1.29, 1.82) is 0 Å². The maximum atomic E-state index is 10.7. The Morgan fingerprint density at radius 1 is 0.569 bits per heavy atom. The molecule has 4 atom stereocenters. The monoisotopic (exact) mass is 788 g/mol. The number of methoxy groups -OCH3 is 2. The standard InChI is InChI=1S/2C21H18N2O6/c2*1-27-15-5-2-13(3-6-15)20-11-18(24)17-10-16(7-8-19(17)29-20)28-21-9-4-14(12-22-21)23(25)26/h2*2-10,12,18,20,24H,11H2,1H3. The van der Waals surface area contributed by atoms with Crippen molar-refractivity contribution in [2.75, 3.05) is 14.2 Å². The summed E-state index contributed by atoms with van der Waals surface area (Å²) in [5.41, 5.74) is 2.91. The first kappa shape index (κ1) is 39.0. The third kappa shape index (κ3) is 9.04. The molecule has 0 spiro atoms. The number of pyridine rings is 2. The van der Waals surface area contributed by atoms with Crippen molar-refractivity contribution in [3.63, 3.8) is 0 Å². The molecule has 0 bridgehead atoms. The summed E-state index contributed by atoms with van der Waals surface area (Å²) in [6, 6.07) is 30.8. The number of fused-ring (bicyclic) bond motifs is 2. The van der Waals surface area contributed by atoms with Crippen LogP contribution in [0.25, 0.3) is 0 Å². The van der Waals surface area contributed by atoms with E-state index in [0.29, 0.717) is 47.0 Å². The fourth-order valence-corrected chi connectivity index (χ4v) is 6.35. The van der Waals surface area contributed by atoms with Crippen LogP contribution in [0, 0.1) is 20.2 Å². The Hall–Kier alpha value is -7.30. The van der Waals surface area contributed by atoms with Gasteiger partial charge in [0.1, 0.15) is 59.1 Å². The van der Waals surface area contributed by atoms with Gasteiger partial charge in [0.15, 0.2) is 0 Å². The van der Waals surface area contributed by atoms with E-state index >= 15 is 0 Å². The van der Waals surface area contributed by atoms with Crippen molar-refractivity contribution in [1.82, 2.24) is 9.97 Å². The summed E-state index contributed by atoms with van der Waals surface area (Å²) in [6.07, 6.45) is 1.07. The molecule has 0 radical (unpaired) electrons. The molecule has 0 saturated heterocycles. The number of ether oxygens (including phenoxy) is 6. The molecule has 0 aliphatic carbocycles. The summed E-state index contributed by atoms with van der Waals surface area (Å²) in [7, 11) is 3.22. The average Bonchev–Trinajstić information content (AvgIpc) is 3.24. The maximum absolute atomic E-state index is 10.7. The molecule has 4 heterocycles. The fourth-order valence-electron chi connectivity index (χ4n) is 6.35. The van der Waals surface area contributed by atoms with Crippen LogP contribution >= 0.6 is 0 Å². The van der Waals surface area contributed by atoms with E-state index in [2.05, 4.69) is 9.97 Å². The Morgan fingerprint density at radius 2 is 0.948 bits per heavy atom. The Morgan fingerprint density at radius 3 is 1.28 bits per heavy atom. The van der Waals surface area contributed by atoms with Gasteiger partial charge in [-0.3, -0.25) is 20.2 Å². The zero-order valence-corrected chi connectivity index (χ0v) is 31.0. The van der Waals surface area contributed by atoms with Gasteiger partial charge in [-0.25, -0.2) is 9.97 Å². The first-order chi connectivity index (χ1) is 28.1. The largest absolute Gasteiger partial charge is 0.497 e. The second kappa shape index (κ2) is 17.2. The quantitative estimate of drug-likeness (QED) is 0.0983. The third-order valence-electron chi connectivity index (χ3n) is 9.38. The van der Waals surface area contributed by atoms with Gasteiger partial charge >= 0.3 is 0 Å². The molecule has 0 saturated carbocycles. The molecule has 8 rings (SSSR count). The minimum absolute atomic E-state index is 0.115. The van der Waals surface area contributed by atoms with E-state index in [4.69, 9.17) is 28.4 Å². The van der Waals surface area contributed by atoms with Gasteiger partial charge in [-0.2, -0.15) is 0 Å². The molecule has 2 aliphatic rings. The molecule has 2 aliphatic heterocycles. The molecule has 0 amide bonds. The predicted molar refractivity (Wildman–Crippen MR) is 207 cm³/mol. The molecule has 16 nitrogen and oxygen atoms in total. The van der Waals surface area contributed by atoms with Crippen molar-refractivity contribution < 1.29 is 48.5 Å². The molecular formula is C42H36N4O12. The van der Waals surface area contributed by atoms with E-state index in [1.165, 1.54) is 24.3 Å². The number of aliphatic hydroxyl groups is 2. The van der Waals surface area contributed by atoms with E-state index in [1.807, 2.05) is 48.5 Å². The topological polar surface area (TPSA) is 208 Å². The highest BCUT2D eigenvalue weighted by Gasteiger charge is 2.30. The highest BCUT2D eigenvalue weighted by Crippen LogP contribution is 2.44. The van der Waals surface area contributed by atoms with Gasteiger partial charge in [-0.1, -0.05) is 24.3 Å². The molecule has 2 N–H and O–H groups in total. The van der Waals surface area contributed by atoms with Gasteiger partial charge in [-0.05, 0) is 71.8 Å². The van der Waals surface area contributed by atoms with Gasteiger partial charge in [0, 0.05) is 48.2 Å². The predicted octanol–water partition coefficient (Wildman–Crippen LogP) is 8.70. The minimum Gasteiger partial charge on any atom is -0.497 e. The fraction of sp³-hybridized carbons (Fsp3) is 0.190. The second-order valence-corrected chi connectivity index (χ2v) is 13.1. The zero-order chi connectivity index (χ0) is 40.8. The van der Waals surface area contributed by atoms with Crippen LogP contribution in [-0.4, -0.2) is 44.2 Å². The Balaban J connectivity index is 0.000000177. The van der Waals surface area contributed by atoms with Crippen LogP contribution in [0.5, 0.6) is 46.3 Å². The summed E-state index contributed by atoms with van der Waals surface area (Å²) in [5.74, 6) is 4.02. The lowest BCUT2D eigenvalue weighted by molar-refractivity contribution is -0.385. The number of rotatable bonds is 10. The summed E-state index contributed by atoms with van der Waals surface area (Å²) in [6.45, 7) is 0. The first-order valence-corrected chi connectivity index (χ1v) is 17.9. The van der Waals surface area contributed by atoms with E-state index in [1.54, 1.807) is 50.6 Å². The molecular weight excluding hydrogens is 752 g/mol. The van der Waals surface area contributed by atoms with Crippen molar-refractivity contribution >= 4 is 11.4 Å². The number of nitrogens with zero attached hydrogens (tertiary/aromatic N) is 4. The minimum atomic E-state index is -0.723. The second-order valence-electron chi connectivity index (χ2n) is 13.1. The van der Waals surface area contributed by atoms with E-state index in [0.717, 1.165) is 35.0 Å². The number of hydrogen-bond donors (Lipinski definition) is 2. The Kier molecular flexibility index (Phi) is 11.6. The maximum Gasteiger partial charge on any atom is 0.287 e. The number of nitro groups is 2. The molecule has 2 aromatic heterocycles. The lowest BCUT2D eigenvalue weighted by atomic mass is 9.95. The highest BCUT2D eigenvalue weighted by molar-refractivity contribution is 5.47. The van der Waals surface area contributed by atoms with Crippen molar-refractivity contribution in [3.8, 4) is 46.3 Å². The molecule has 0 fully saturated rings. The number of aromatic nitrogens is 2. The summed E-state index contributed by atoms with van der Waals surface area (Å²) in [5, 5.41) is 42.7. The Bertz CT molecular complexity index is 2210. The van der Waals surface area contributed by atoms with Crippen molar-refractivity contribution in [3.05, 3.63) is 164 Å². The van der Waals surface area contributed by atoms with E-state index < -0.39 is 22.1 Å². The average molecular weight is 789 g/mol. The molecule has 296 valence electrons. The van der Waals surface area contributed by atoms with Gasteiger partial charge < -0.3 is 38.6 Å². The molecule has 16 heteroatoms. The summed E-state index contributed by atoms with van der Waals surface area (Å²) in [4.78, 5) is 28.2. The van der Waals surface area contributed by atoms with Crippen LogP contribution in [0.3, 0.4) is 0 Å². The number of benzene rings is 4. The summed E-state index contributed by atoms with van der Waals surface area (Å²) < 4.78 is 33.8. The lowest BCUT2D eigenvalue weighted by Gasteiger charge is -2.30. The SMILES string of the molecule is COc1ccc(C2CC(O)c3cc(Oc4ccc([N+](=O)[O-])cn4)ccc3O2)cc1.COc1ccc(C2CC(O)c3cc(Oc4ccc([N+](=O)[O-])cn4)ccc3O2)cc1. The van der Waals surface area contributed by atoms with Gasteiger partial charge in [-0.15, -0.1) is 0 Å². The Labute approximate surface area is 331 Å². The number of aliphatic hydroxyl groups excluding tert-OH is 2. The molecule has 6 aromatic rings. The van der Waals surface area contributed by atoms with Crippen LogP contribution in [0.2, 0.25) is 0 Å². The smallest absolute Gasteiger partial charge is 0.287 e. The van der Waals surface area contributed by atoms with Crippen LogP contribution in [-0.2, 0) is 0 Å². The molecule has 4 unspecified atom stereocenters. The lowest BCUT2D eigenvalue weighted by Crippen LogP contribution is -2.19. The van der Waals surface area contributed by atoms with Gasteiger partial charge in [0.05, 0.1) is 36.3 Å². The normalized spacial score (nSPS) is 17.7. The zero-order valence-electron chi connectivity index (χ0n) is 31.0. The van der Waals surface area contributed by atoms with E-state index in [9.17, 15) is 30.4 Å². The highest BCUT2D eigenvalue weighted by atomic mass is 16.6. The molecule has 4 aromatic carbocycles. The van der Waals surface area contributed by atoms with Crippen molar-refractivity contribution in [2.24, 2.45) is 0 Å².